The summed E-state index contributed by atoms with van der Waals surface area (Å²) in [6, 6.07) is 2.00. The molecule has 1 saturated carbocycles. The second kappa shape index (κ2) is 8.17. The fourth-order valence-corrected chi connectivity index (χ4v) is 5.90. The SMILES string of the molecule is C[C@H](Oc1cc(Cl)nc(-c2noc3c2CCC[C@@]32CCCCC2=O)n1)[C@@H]1CCCN1C. The molecule has 0 N–H and O–H groups in total. The molecule has 3 heterocycles. The van der Waals surface area contributed by atoms with Crippen LogP contribution in [0.25, 0.3) is 11.5 Å². The highest BCUT2D eigenvalue weighted by molar-refractivity contribution is 6.29. The predicted molar refractivity (Wildman–Crippen MR) is 116 cm³/mol. The van der Waals surface area contributed by atoms with E-state index in [1.54, 1.807) is 6.07 Å². The van der Waals surface area contributed by atoms with Crippen LogP contribution in [-0.4, -0.2) is 51.5 Å². The van der Waals surface area contributed by atoms with Crippen LogP contribution in [-0.2, 0) is 16.6 Å². The minimum Gasteiger partial charge on any atom is -0.473 e. The Morgan fingerprint density at radius 3 is 2.84 bits per heavy atom. The van der Waals surface area contributed by atoms with Gasteiger partial charge >= 0.3 is 0 Å². The summed E-state index contributed by atoms with van der Waals surface area (Å²) in [6.45, 7) is 3.15. The van der Waals surface area contributed by atoms with Gasteiger partial charge in [-0.15, -0.1) is 0 Å². The van der Waals surface area contributed by atoms with Gasteiger partial charge in [0, 0.05) is 24.1 Å². The molecule has 3 aliphatic rings. The van der Waals surface area contributed by atoms with E-state index in [4.69, 9.17) is 20.9 Å². The van der Waals surface area contributed by atoms with Gasteiger partial charge in [0.05, 0.1) is 5.41 Å². The Labute approximate surface area is 187 Å². The second-order valence-electron chi connectivity index (χ2n) is 9.27. The van der Waals surface area contributed by atoms with Gasteiger partial charge in [0.2, 0.25) is 5.88 Å². The summed E-state index contributed by atoms with van der Waals surface area (Å²) in [4.78, 5) is 24.3. The number of carbonyl (C=O) groups excluding carboxylic acids is 1. The maximum atomic E-state index is 12.9. The number of likely N-dealkylation sites (N-methyl/N-ethyl adjacent to an activating group) is 1. The van der Waals surface area contributed by atoms with Crippen molar-refractivity contribution in [2.45, 2.75) is 82.3 Å². The van der Waals surface area contributed by atoms with Gasteiger partial charge in [-0.25, -0.2) is 4.98 Å². The number of hydrogen-bond donors (Lipinski definition) is 0. The molecule has 0 unspecified atom stereocenters. The fraction of sp³-hybridized carbons (Fsp3) is 0.652. The van der Waals surface area contributed by atoms with Crippen molar-refractivity contribution in [2.24, 2.45) is 0 Å². The molecule has 0 amide bonds. The molecule has 5 rings (SSSR count). The number of ketones is 1. The summed E-state index contributed by atoms with van der Waals surface area (Å²) in [5.41, 5.74) is 1.03. The van der Waals surface area contributed by atoms with Crippen molar-refractivity contribution < 1.29 is 14.1 Å². The molecule has 3 atom stereocenters. The smallest absolute Gasteiger partial charge is 0.218 e. The van der Waals surface area contributed by atoms with Crippen molar-refractivity contribution >= 4 is 17.4 Å². The molecule has 2 aromatic heterocycles. The number of carbonyl (C=O) groups is 1. The lowest BCUT2D eigenvalue weighted by Gasteiger charge is -2.36. The van der Waals surface area contributed by atoms with Crippen molar-refractivity contribution in [3.8, 4) is 17.4 Å². The molecule has 0 bridgehead atoms. The van der Waals surface area contributed by atoms with Crippen LogP contribution in [0.15, 0.2) is 10.6 Å². The Kier molecular flexibility index (Phi) is 5.51. The average Bonchev–Trinajstić information content (AvgIpc) is 3.37. The number of ether oxygens (including phenoxy) is 1. The lowest BCUT2D eigenvalue weighted by atomic mass is 9.64. The largest absolute Gasteiger partial charge is 0.473 e. The summed E-state index contributed by atoms with van der Waals surface area (Å²) >= 11 is 6.33. The molecular weight excluding hydrogens is 416 g/mol. The maximum Gasteiger partial charge on any atom is 0.218 e. The third kappa shape index (κ3) is 3.65. The van der Waals surface area contributed by atoms with Crippen molar-refractivity contribution in [2.75, 3.05) is 13.6 Å². The Bertz CT molecular complexity index is 993. The number of likely N-dealkylation sites (tertiary alicyclic amines) is 1. The first-order valence-corrected chi connectivity index (χ1v) is 11.8. The molecule has 1 spiro atoms. The Hall–Kier alpha value is -1.99. The van der Waals surface area contributed by atoms with E-state index in [1.165, 1.54) is 6.42 Å². The molecule has 2 aromatic rings. The summed E-state index contributed by atoms with van der Waals surface area (Å²) in [5, 5.41) is 4.64. The number of hydrogen-bond acceptors (Lipinski definition) is 7. The van der Waals surface area contributed by atoms with Crippen molar-refractivity contribution in [3.05, 3.63) is 22.5 Å². The van der Waals surface area contributed by atoms with Gasteiger partial charge in [-0.2, -0.15) is 4.98 Å². The zero-order valence-electron chi connectivity index (χ0n) is 18.2. The van der Waals surface area contributed by atoms with Gasteiger partial charge in [-0.1, -0.05) is 23.2 Å². The zero-order valence-corrected chi connectivity index (χ0v) is 19.0. The van der Waals surface area contributed by atoms with Crippen LogP contribution in [0.2, 0.25) is 5.15 Å². The van der Waals surface area contributed by atoms with Crippen LogP contribution in [0.4, 0.5) is 0 Å². The van der Waals surface area contributed by atoms with Crippen molar-refractivity contribution in [3.63, 3.8) is 0 Å². The number of fused-ring (bicyclic) bond motifs is 2. The highest BCUT2D eigenvalue weighted by Gasteiger charge is 2.48. The van der Waals surface area contributed by atoms with Crippen LogP contribution in [0, 0.1) is 0 Å². The van der Waals surface area contributed by atoms with Crippen LogP contribution < -0.4 is 4.74 Å². The molecule has 1 saturated heterocycles. The Balaban J connectivity index is 1.46. The summed E-state index contributed by atoms with van der Waals surface area (Å²) < 4.78 is 12.0. The molecule has 8 heteroatoms. The van der Waals surface area contributed by atoms with E-state index in [2.05, 4.69) is 34.0 Å². The highest BCUT2D eigenvalue weighted by atomic mass is 35.5. The summed E-state index contributed by atoms with van der Waals surface area (Å²) in [5.74, 6) is 1.86. The van der Waals surface area contributed by atoms with Crippen LogP contribution in [0.1, 0.15) is 69.6 Å². The zero-order chi connectivity index (χ0) is 21.6. The minimum absolute atomic E-state index is 0.0133. The maximum absolute atomic E-state index is 12.9. The van der Waals surface area contributed by atoms with E-state index < -0.39 is 5.41 Å². The lowest BCUT2D eigenvalue weighted by Crippen LogP contribution is -2.41. The molecule has 31 heavy (non-hydrogen) atoms. The van der Waals surface area contributed by atoms with E-state index in [0.717, 1.165) is 62.8 Å². The number of nitrogens with zero attached hydrogens (tertiary/aromatic N) is 4. The van der Waals surface area contributed by atoms with E-state index in [-0.39, 0.29) is 11.9 Å². The molecule has 166 valence electrons. The first-order valence-electron chi connectivity index (χ1n) is 11.4. The van der Waals surface area contributed by atoms with E-state index >= 15 is 0 Å². The van der Waals surface area contributed by atoms with Gasteiger partial charge in [0.1, 0.15) is 17.0 Å². The summed E-state index contributed by atoms with van der Waals surface area (Å²) in [6.07, 6.45) is 8.31. The molecular formula is C23H29ClN4O3. The second-order valence-corrected chi connectivity index (χ2v) is 9.66. The average molecular weight is 445 g/mol. The van der Waals surface area contributed by atoms with Gasteiger partial charge in [0.15, 0.2) is 17.3 Å². The lowest BCUT2D eigenvalue weighted by molar-refractivity contribution is -0.128. The number of halogens is 1. The first-order chi connectivity index (χ1) is 15.0. The molecule has 0 aromatic carbocycles. The Morgan fingerprint density at radius 1 is 1.23 bits per heavy atom. The predicted octanol–water partition coefficient (Wildman–Crippen LogP) is 4.36. The number of Topliss-reactive ketones (excluding diaryl/α,β-unsaturated/α-hetero) is 1. The molecule has 7 nitrogen and oxygen atoms in total. The van der Waals surface area contributed by atoms with Crippen LogP contribution in [0.3, 0.4) is 0 Å². The van der Waals surface area contributed by atoms with E-state index in [1.807, 2.05) is 0 Å². The fourth-order valence-electron chi connectivity index (χ4n) is 5.73. The van der Waals surface area contributed by atoms with E-state index in [0.29, 0.717) is 35.0 Å². The van der Waals surface area contributed by atoms with Crippen molar-refractivity contribution in [1.82, 2.24) is 20.0 Å². The molecule has 2 fully saturated rings. The number of aromatic nitrogens is 3. The molecule has 1 aliphatic heterocycles. The first kappa shape index (κ1) is 20.9. The van der Waals surface area contributed by atoms with Crippen LogP contribution in [0.5, 0.6) is 5.88 Å². The van der Waals surface area contributed by atoms with Gasteiger partial charge in [-0.3, -0.25) is 9.69 Å². The molecule has 0 radical (unpaired) electrons. The standard InChI is InChI=1S/C23H29ClN4O3/c1-14(16-8-6-12-28(16)2)30-19-13-18(24)25-22(26-19)20-15-7-5-11-23(21(15)31-27-20)10-4-3-9-17(23)29/h13-14,16H,3-12H2,1-2H3/t14-,16-,23+/m0/s1. The quantitative estimate of drug-likeness (QED) is 0.648. The van der Waals surface area contributed by atoms with Gasteiger partial charge < -0.3 is 9.26 Å². The number of rotatable bonds is 4. The summed E-state index contributed by atoms with van der Waals surface area (Å²) in [7, 11) is 2.12. The van der Waals surface area contributed by atoms with E-state index in [9.17, 15) is 4.79 Å². The Morgan fingerprint density at radius 2 is 2.06 bits per heavy atom. The minimum atomic E-state index is -0.517. The van der Waals surface area contributed by atoms with Gasteiger partial charge in [0.25, 0.3) is 0 Å². The monoisotopic (exact) mass is 444 g/mol. The van der Waals surface area contributed by atoms with Crippen molar-refractivity contribution in [1.29, 1.82) is 0 Å². The third-order valence-corrected chi connectivity index (χ3v) is 7.55. The molecule has 2 aliphatic carbocycles. The highest BCUT2D eigenvalue weighted by Crippen LogP contribution is 2.47. The van der Waals surface area contributed by atoms with Gasteiger partial charge in [-0.05, 0) is 65.5 Å². The normalized spacial score (nSPS) is 27.5. The topological polar surface area (TPSA) is 81.3 Å². The third-order valence-electron chi connectivity index (χ3n) is 7.35. The van der Waals surface area contributed by atoms with Crippen LogP contribution >= 0.6 is 11.6 Å².